The smallest absolute Gasteiger partial charge is 0.123 e. The molecule has 0 heterocycles. The van der Waals surface area contributed by atoms with E-state index in [9.17, 15) is 4.39 Å². The van der Waals surface area contributed by atoms with Crippen molar-refractivity contribution in [3.63, 3.8) is 0 Å². The Bertz CT molecular complexity index is 586. The van der Waals surface area contributed by atoms with Crippen molar-refractivity contribution in [3.8, 4) is 0 Å². The zero-order valence-electron chi connectivity index (χ0n) is 9.75. The van der Waals surface area contributed by atoms with Crippen molar-refractivity contribution in [2.75, 3.05) is 0 Å². The number of nitrogens with two attached hydrogens (primary N) is 1. The summed E-state index contributed by atoms with van der Waals surface area (Å²) >= 11 is 9.32. The first-order chi connectivity index (χ1) is 8.49. The summed E-state index contributed by atoms with van der Waals surface area (Å²) in [4.78, 5) is 0. The maximum absolute atomic E-state index is 13.1. The molecule has 1 nitrogen and oxygen atoms in total. The summed E-state index contributed by atoms with van der Waals surface area (Å²) in [5, 5.41) is 0.641. The molecule has 94 valence electrons. The monoisotopic (exact) mass is 327 g/mol. The van der Waals surface area contributed by atoms with E-state index in [1.165, 1.54) is 12.1 Å². The second-order valence-electron chi connectivity index (χ2n) is 4.15. The predicted molar refractivity (Wildman–Crippen MR) is 76.3 cm³/mol. The van der Waals surface area contributed by atoms with Gasteiger partial charge in [0.25, 0.3) is 0 Å². The van der Waals surface area contributed by atoms with Gasteiger partial charge < -0.3 is 5.73 Å². The first-order valence-electron chi connectivity index (χ1n) is 5.45. The molecule has 2 N–H and O–H groups in total. The third-order valence-corrected chi connectivity index (χ3v) is 4.08. The van der Waals surface area contributed by atoms with E-state index in [0.29, 0.717) is 5.02 Å². The van der Waals surface area contributed by atoms with Crippen LogP contribution in [0.1, 0.15) is 22.7 Å². The number of aryl methyl sites for hydroxylation is 1. The quantitative estimate of drug-likeness (QED) is 0.856. The van der Waals surface area contributed by atoms with E-state index in [-0.39, 0.29) is 11.9 Å². The standard InChI is InChI=1S/C14H12BrClFN/c1-8-6-10(17)3-4-11(8)14(18)9-2-5-13(16)12(15)7-9/h2-7,14H,18H2,1H3. The highest BCUT2D eigenvalue weighted by Crippen LogP contribution is 2.29. The van der Waals surface area contributed by atoms with Gasteiger partial charge in [-0.25, -0.2) is 4.39 Å². The topological polar surface area (TPSA) is 26.0 Å². The number of hydrogen-bond donors (Lipinski definition) is 1. The van der Waals surface area contributed by atoms with Crippen molar-refractivity contribution in [1.29, 1.82) is 0 Å². The Labute approximate surface area is 119 Å². The molecule has 0 amide bonds. The summed E-state index contributed by atoms with van der Waals surface area (Å²) in [5.41, 5.74) is 8.88. The summed E-state index contributed by atoms with van der Waals surface area (Å²) in [7, 11) is 0. The first-order valence-corrected chi connectivity index (χ1v) is 6.62. The molecule has 0 aliphatic rings. The van der Waals surface area contributed by atoms with Gasteiger partial charge in [0.2, 0.25) is 0 Å². The van der Waals surface area contributed by atoms with Gasteiger partial charge in [0.15, 0.2) is 0 Å². The SMILES string of the molecule is Cc1cc(F)ccc1C(N)c1ccc(Cl)c(Br)c1. The fraction of sp³-hybridized carbons (Fsp3) is 0.143. The van der Waals surface area contributed by atoms with Crippen LogP contribution in [0.2, 0.25) is 5.02 Å². The van der Waals surface area contributed by atoms with Crippen LogP contribution in [0, 0.1) is 12.7 Å². The average molecular weight is 329 g/mol. The number of halogens is 3. The van der Waals surface area contributed by atoms with Crippen LogP contribution in [0.25, 0.3) is 0 Å². The minimum Gasteiger partial charge on any atom is -0.320 e. The van der Waals surface area contributed by atoms with Crippen LogP contribution < -0.4 is 5.73 Å². The van der Waals surface area contributed by atoms with E-state index in [1.54, 1.807) is 12.1 Å². The zero-order chi connectivity index (χ0) is 13.3. The second-order valence-corrected chi connectivity index (χ2v) is 5.41. The molecule has 0 fully saturated rings. The molecule has 0 saturated carbocycles. The van der Waals surface area contributed by atoms with Crippen LogP contribution in [0.3, 0.4) is 0 Å². The highest BCUT2D eigenvalue weighted by atomic mass is 79.9. The second kappa shape index (κ2) is 5.39. The van der Waals surface area contributed by atoms with Gasteiger partial charge in [-0.15, -0.1) is 0 Å². The largest absolute Gasteiger partial charge is 0.320 e. The van der Waals surface area contributed by atoms with Crippen molar-refractivity contribution in [1.82, 2.24) is 0 Å². The third-order valence-electron chi connectivity index (χ3n) is 2.87. The van der Waals surface area contributed by atoms with Gasteiger partial charge in [-0.05, 0) is 63.8 Å². The Morgan fingerprint density at radius 3 is 2.56 bits per heavy atom. The molecular formula is C14H12BrClFN. The molecule has 18 heavy (non-hydrogen) atoms. The first kappa shape index (κ1) is 13.5. The van der Waals surface area contributed by atoms with Gasteiger partial charge in [-0.2, -0.15) is 0 Å². The summed E-state index contributed by atoms with van der Waals surface area (Å²) in [5.74, 6) is -0.249. The summed E-state index contributed by atoms with van der Waals surface area (Å²) < 4.78 is 13.9. The number of benzene rings is 2. The van der Waals surface area contributed by atoms with Crippen LogP contribution in [0.15, 0.2) is 40.9 Å². The molecule has 0 bridgehead atoms. The Balaban J connectivity index is 2.41. The molecule has 0 spiro atoms. The van der Waals surface area contributed by atoms with Gasteiger partial charge >= 0.3 is 0 Å². The van der Waals surface area contributed by atoms with Gasteiger partial charge in [0.05, 0.1) is 11.1 Å². The summed E-state index contributed by atoms with van der Waals surface area (Å²) in [6.45, 7) is 1.85. The van der Waals surface area contributed by atoms with Crippen LogP contribution in [0.5, 0.6) is 0 Å². The number of rotatable bonds is 2. The van der Waals surface area contributed by atoms with E-state index < -0.39 is 0 Å². The predicted octanol–water partition coefficient (Wildman–Crippen LogP) is 4.60. The Morgan fingerprint density at radius 2 is 1.94 bits per heavy atom. The normalized spacial score (nSPS) is 12.5. The molecule has 0 aliphatic heterocycles. The number of hydrogen-bond acceptors (Lipinski definition) is 1. The van der Waals surface area contributed by atoms with Gasteiger partial charge in [-0.3, -0.25) is 0 Å². The molecule has 0 aliphatic carbocycles. The molecule has 0 radical (unpaired) electrons. The molecule has 2 aromatic rings. The maximum atomic E-state index is 13.1. The lowest BCUT2D eigenvalue weighted by molar-refractivity contribution is 0.624. The molecule has 4 heteroatoms. The minimum absolute atomic E-state index is 0.249. The van der Waals surface area contributed by atoms with Crippen molar-refractivity contribution in [2.24, 2.45) is 5.73 Å². The lowest BCUT2D eigenvalue weighted by atomic mass is 9.96. The molecule has 2 rings (SSSR count). The van der Waals surface area contributed by atoms with E-state index in [0.717, 1.165) is 21.2 Å². The summed E-state index contributed by atoms with van der Waals surface area (Å²) in [6.07, 6.45) is 0. The van der Waals surface area contributed by atoms with E-state index >= 15 is 0 Å². The molecule has 0 saturated heterocycles. The van der Waals surface area contributed by atoms with E-state index in [2.05, 4.69) is 15.9 Å². The van der Waals surface area contributed by atoms with Gasteiger partial charge in [0.1, 0.15) is 5.82 Å². The Kier molecular flexibility index (Phi) is 4.05. The van der Waals surface area contributed by atoms with Gasteiger partial charge in [-0.1, -0.05) is 23.7 Å². The van der Waals surface area contributed by atoms with Crippen molar-refractivity contribution in [2.45, 2.75) is 13.0 Å². The molecule has 1 atom stereocenters. The minimum atomic E-state index is -0.292. The molecule has 1 unspecified atom stereocenters. The molecule has 0 aromatic heterocycles. The van der Waals surface area contributed by atoms with Crippen LogP contribution in [-0.4, -0.2) is 0 Å². The fourth-order valence-electron chi connectivity index (χ4n) is 1.87. The van der Waals surface area contributed by atoms with Gasteiger partial charge in [0, 0.05) is 4.47 Å². The van der Waals surface area contributed by atoms with Crippen LogP contribution in [0.4, 0.5) is 4.39 Å². The summed E-state index contributed by atoms with van der Waals surface area (Å²) in [6, 6.07) is 9.89. The van der Waals surface area contributed by atoms with Crippen LogP contribution >= 0.6 is 27.5 Å². The lowest BCUT2D eigenvalue weighted by Gasteiger charge is -2.16. The average Bonchev–Trinajstić information content (AvgIpc) is 2.32. The lowest BCUT2D eigenvalue weighted by Crippen LogP contribution is -2.13. The van der Waals surface area contributed by atoms with Crippen molar-refractivity contribution >= 4 is 27.5 Å². The van der Waals surface area contributed by atoms with Crippen molar-refractivity contribution < 1.29 is 4.39 Å². The highest BCUT2D eigenvalue weighted by molar-refractivity contribution is 9.10. The third kappa shape index (κ3) is 2.74. The van der Waals surface area contributed by atoms with Crippen molar-refractivity contribution in [3.05, 3.63) is 68.4 Å². The maximum Gasteiger partial charge on any atom is 0.123 e. The van der Waals surface area contributed by atoms with E-state index in [1.807, 2.05) is 19.1 Å². The highest BCUT2D eigenvalue weighted by Gasteiger charge is 2.13. The fourth-order valence-corrected chi connectivity index (χ4v) is 2.39. The Hall–Kier alpha value is -0.900. The van der Waals surface area contributed by atoms with Crippen LogP contribution in [-0.2, 0) is 0 Å². The Morgan fingerprint density at radius 1 is 1.22 bits per heavy atom. The molecular weight excluding hydrogens is 317 g/mol. The molecule has 2 aromatic carbocycles. The van der Waals surface area contributed by atoms with E-state index in [4.69, 9.17) is 17.3 Å². The zero-order valence-corrected chi connectivity index (χ0v) is 12.1.